The van der Waals surface area contributed by atoms with Crippen molar-refractivity contribution in [1.29, 1.82) is 0 Å². The highest BCUT2D eigenvalue weighted by Gasteiger charge is 2.21. The number of hydrogen-bond donors (Lipinski definition) is 1. The van der Waals surface area contributed by atoms with Crippen molar-refractivity contribution in [3.8, 4) is 17.2 Å². The van der Waals surface area contributed by atoms with E-state index in [-0.39, 0.29) is 12.3 Å². The zero-order chi connectivity index (χ0) is 15.8. The lowest BCUT2D eigenvalue weighted by Crippen LogP contribution is -2.16. The normalized spacial score (nSPS) is 13.2. The molecule has 3 aromatic rings. The van der Waals surface area contributed by atoms with Crippen molar-refractivity contribution < 1.29 is 14.3 Å². The third-order valence-corrected chi connectivity index (χ3v) is 3.95. The molecule has 1 aliphatic heterocycles. The lowest BCUT2D eigenvalue weighted by molar-refractivity contribution is -0.117. The summed E-state index contributed by atoms with van der Waals surface area (Å²) in [5.41, 5.74) is 8.25. The van der Waals surface area contributed by atoms with E-state index in [0.29, 0.717) is 24.7 Å². The molecular weight excluding hydrogens is 292 g/mol. The fourth-order valence-electron chi connectivity index (χ4n) is 3.03. The van der Waals surface area contributed by atoms with Gasteiger partial charge in [0.15, 0.2) is 11.5 Å². The molecule has 1 aromatic heterocycles. The van der Waals surface area contributed by atoms with Crippen LogP contribution in [0.3, 0.4) is 0 Å². The molecule has 0 unspecified atom stereocenters. The molecular formula is C18H16N2O3. The molecule has 5 nitrogen and oxygen atoms in total. The van der Waals surface area contributed by atoms with Gasteiger partial charge in [0.25, 0.3) is 0 Å². The molecule has 0 radical (unpaired) electrons. The summed E-state index contributed by atoms with van der Waals surface area (Å²) in [5, 5.41) is 0.893. The van der Waals surface area contributed by atoms with Crippen molar-refractivity contribution in [2.45, 2.75) is 6.42 Å². The third-order valence-electron chi connectivity index (χ3n) is 3.95. The first kappa shape index (κ1) is 13.7. The second-order valence-electron chi connectivity index (χ2n) is 5.49. The van der Waals surface area contributed by atoms with Crippen molar-refractivity contribution in [2.75, 3.05) is 13.2 Å². The third kappa shape index (κ3) is 2.30. The molecule has 2 N–H and O–H groups in total. The molecule has 23 heavy (non-hydrogen) atoms. The first-order chi connectivity index (χ1) is 11.2. The number of fused-ring (bicyclic) bond motifs is 3. The number of carbonyl (C=O) groups excluding carboxylic acids is 1. The van der Waals surface area contributed by atoms with Crippen molar-refractivity contribution in [2.24, 2.45) is 5.73 Å². The Hall–Kier alpha value is -2.95. The van der Waals surface area contributed by atoms with Gasteiger partial charge in [0.2, 0.25) is 5.91 Å². The Labute approximate surface area is 133 Å². The summed E-state index contributed by atoms with van der Waals surface area (Å²) in [4.78, 5) is 11.5. The number of nitrogens with two attached hydrogens (primary N) is 1. The minimum absolute atomic E-state index is 0.163. The van der Waals surface area contributed by atoms with Crippen molar-refractivity contribution in [3.05, 3.63) is 54.2 Å². The molecule has 1 aliphatic rings. The van der Waals surface area contributed by atoms with Gasteiger partial charge in [0, 0.05) is 17.3 Å². The molecule has 0 spiro atoms. The number of nitrogens with zero attached hydrogens (tertiary/aromatic N) is 1. The molecule has 0 saturated carbocycles. The van der Waals surface area contributed by atoms with Gasteiger partial charge in [0.1, 0.15) is 13.2 Å². The lowest BCUT2D eigenvalue weighted by Gasteiger charge is -2.19. The number of carbonyl (C=O) groups is 1. The van der Waals surface area contributed by atoms with E-state index < -0.39 is 0 Å². The van der Waals surface area contributed by atoms with Crippen LogP contribution in [0.25, 0.3) is 16.6 Å². The maximum Gasteiger partial charge on any atom is 0.221 e. The first-order valence-corrected chi connectivity index (χ1v) is 7.50. The maximum atomic E-state index is 11.5. The number of primary amides is 1. The first-order valence-electron chi connectivity index (χ1n) is 7.50. The number of benzene rings is 2. The Kier molecular flexibility index (Phi) is 3.19. The van der Waals surface area contributed by atoms with Gasteiger partial charge < -0.3 is 19.8 Å². The maximum absolute atomic E-state index is 11.5. The molecule has 0 saturated heterocycles. The number of ether oxygens (including phenoxy) is 2. The molecule has 116 valence electrons. The highest BCUT2D eigenvalue weighted by atomic mass is 16.6. The largest absolute Gasteiger partial charge is 0.486 e. The highest BCUT2D eigenvalue weighted by molar-refractivity contribution is 5.96. The Morgan fingerprint density at radius 2 is 1.87 bits per heavy atom. The Bertz CT molecular complexity index is 884. The number of para-hydroxylation sites is 1. The predicted octanol–water partition coefficient (Wildman–Crippen LogP) is 2.43. The summed E-state index contributed by atoms with van der Waals surface area (Å²) in [6, 6.07) is 13.9. The second-order valence-corrected chi connectivity index (χ2v) is 5.49. The molecule has 0 aliphatic carbocycles. The van der Waals surface area contributed by atoms with Gasteiger partial charge in [-0.1, -0.05) is 18.2 Å². The molecule has 0 fully saturated rings. The van der Waals surface area contributed by atoms with Crippen LogP contribution in [0, 0.1) is 0 Å². The van der Waals surface area contributed by atoms with Crippen LogP contribution in [-0.2, 0) is 11.2 Å². The predicted molar refractivity (Wildman–Crippen MR) is 87.2 cm³/mol. The average molecular weight is 308 g/mol. The molecule has 2 aromatic carbocycles. The second kappa shape index (κ2) is 5.35. The van der Waals surface area contributed by atoms with E-state index in [1.165, 1.54) is 0 Å². The summed E-state index contributed by atoms with van der Waals surface area (Å²) < 4.78 is 13.5. The van der Waals surface area contributed by atoms with E-state index in [4.69, 9.17) is 15.2 Å². The SMILES string of the molecule is NC(=O)Cc1cn(-c2ccccc2)c2ccc3c(c12)OCCO3. The molecule has 4 rings (SSSR count). The Morgan fingerprint density at radius 1 is 1.09 bits per heavy atom. The van der Waals surface area contributed by atoms with Gasteiger partial charge in [-0.05, 0) is 29.8 Å². The number of rotatable bonds is 3. The van der Waals surface area contributed by atoms with Crippen LogP contribution >= 0.6 is 0 Å². The summed E-state index contributed by atoms with van der Waals surface area (Å²) in [5.74, 6) is 1.03. The van der Waals surface area contributed by atoms with Crippen LogP contribution in [0.4, 0.5) is 0 Å². The van der Waals surface area contributed by atoms with E-state index in [1.807, 2.05) is 53.2 Å². The summed E-state index contributed by atoms with van der Waals surface area (Å²) in [7, 11) is 0. The van der Waals surface area contributed by atoms with E-state index in [9.17, 15) is 4.79 Å². The molecule has 5 heteroatoms. The highest BCUT2D eigenvalue weighted by Crippen LogP contribution is 2.41. The van der Waals surface area contributed by atoms with Crippen LogP contribution in [-0.4, -0.2) is 23.7 Å². The van der Waals surface area contributed by atoms with Gasteiger partial charge in [0.05, 0.1) is 11.9 Å². The number of aromatic nitrogens is 1. The van der Waals surface area contributed by atoms with Gasteiger partial charge in [-0.25, -0.2) is 0 Å². The van der Waals surface area contributed by atoms with Gasteiger partial charge in [-0.15, -0.1) is 0 Å². The van der Waals surface area contributed by atoms with Gasteiger partial charge >= 0.3 is 0 Å². The van der Waals surface area contributed by atoms with E-state index in [1.54, 1.807) is 0 Å². The minimum Gasteiger partial charge on any atom is -0.486 e. The topological polar surface area (TPSA) is 66.5 Å². The lowest BCUT2D eigenvalue weighted by atomic mass is 10.1. The Morgan fingerprint density at radius 3 is 2.65 bits per heavy atom. The van der Waals surface area contributed by atoms with E-state index in [2.05, 4.69) is 0 Å². The fraction of sp³-hybridized carbons (Fsp3) is 0.167. The van der Waals surface area contributed by atoms with E-state index >= 15 is 0 Å². The molecule has 2 heterocycles. The van der Waals surface area contributed by atoms with Crippen LogP contribution < -0.4 is 15.2 Å². The number of hydrogen-bond acceptors (Lipinski definition) is 3. The summed E-state index contributed by atoms with van der Waals surface area (Å²) in [6.07, 6.45) is 2.11. The fourth-order valence-corrected chi connectivity index (χ4v) is 3.03. The van der Waals surface area contributed by atoms with Gasteiger partial charge in [-0.3, -0.25) is 4.79 Å². The smallest absolute Gasteiger partial charge is 0.221 e. The van der Waals surface area contributed by atoms with Crippen LogP contribution in [0.1, 0.15) is 5.56 Å². The molecule has 0 atom stereocenters. The average Bonchev–Trinajstić information content (AvgIpc) is 2.94. The summed E-state index contributed by atoms with van der Waals surface area (Å²) >= 11 is 0. The van der Waals surface area contributed by atoms with Crippen molar-refractivity contribution in [1.82, 2.24) is 4.57 Å². The monoisotopic (exact) mass is 308 g/mol. The van der Waals surface area contributed by atoms with Crippen LogP contribution in [0.2, 0.25) is 0 Å². The van der Waals surface area contributed by atoms with Crippen LogP contribution in [0.15, 0.2) is 48.7 Å². The van der Waals surface area contributed by atoms with E-state index in [0.717, 1.165) is 22.2 Å². The van der Waals surface area contributed by atoms with Crippen molar-refractivity contribution >= 4 is 16.8 Å². The molecule has 1 amide bonds. The standard InChI is InChI=1S/C18H16N2O3/c19-16(21)10-12-11-20(13-4-2-1-3-5-13)14-6-7-15-18(17(12)14)23-9-8-22-15/h1-7,11H,8-10H2,(H2,19,21). The Balaban J connectivity index is 2.00. The number of amides is 1. The quantitative estimate of drug-likeness (QED) is 0.808. The zero-order valence-corrected chi connectivity index (χ0v) is 12.5. The summed E-state index contributed by atoms with van der Waals surface area (Å²) in [6.45, 7) is 1.03. The minimum atomic E-state index is -0.369. The zero-order valence-electron chi connectivity index (χ0n) is 12.5. The van der Waals surface area contributed by atoms with Crippen molar-refractivity contribution in [3.63, 3.8) is 0 Å². The van der Waals surface area contributed by atoms with Crippen LogP contribution in [0.5, 0.6) is 11.5 Å². The van der Waals surface area contributed by atoms with Gasteiger partial charge in [-0.2, -0.15) is 0 Å². The molecule has 0 bridgehead atoms.